The lowest BCUT2D eigenvalue weighted by Gasteiger charge is -2.18. The Labute approximate surface area is 90.7 Å². The normalized spacial score (nSPS) is 25.6. The first-order valence-electron chi connectivity index (χ1n) is 4.97. The van der Waals surface area contributed by atoms with Crippen LogP contribution >= 0.6 is 0 Å². The molecule has 0 saturated carbocycles. The summed E-state index contributed by atoms with van der Waals surface area (Å²) in [6.07, 6.45) is 0.501. The summed E-state index contributed by atoms with van der Waals surface area (Å²) in [5.41, 5.74) is 4.74. The molecule has 88 valence electrons. The van der Waals surface area contributed by atoms with Gasteiger partial charge in [0.05, 0.1) is 11.2 Å². The van der Waals surface area contributed by atoms with Crippen molar-refractivity contribution < 1.29 is 13.2 Å². The van der Waals surface area contributed by atoms with Crippen LogP contribution in [0.1, 0.15) is 27.2 Å². The Balaban J connectivity index is 2.84. The van der Waals surface area contributed by atoms with Crippen LogP contribution in [-0.4, -0.2) is 37.0 Å². The van der Waals surface area contributed by atoms with Gasteiger partial charge in [-0.25, -0.2) is 12.7 Å². The average molecular weight is 234 g/mol. The predicted molar refractivity (Wildman–Crippen MR) is 57.5 cm³/mol. The highest BCUT2D eigenvalue weighted by atomic mass is 32.2. The zero-order valence-electron chi connectivity index (χ0n) is 9.36. The summed E-state index contributed by atoms with van der Waals surface area (Å²) < 4.78 is 24.3. The van der Waals surface area contributed by atoms with Crippen molar-refractivity contribution in [2.24, 2.45) is 11.1 Å². The van der Waals surface area contributed by atoms with E-state index >= 15 is 0 Å². The molecule has 1 atom stereocenters. The van der Waals surface area contributed by atoms with Gasteiger partial charge in [0.25, 0.3) is 0 Å². The first kappa shape index (κ1) is 12.4. The van der Waals surface area contributed by atoms with E-state index in [4.69, 9.17) is 5.73 Å². The molecule has 0 aromatic rings. The fraction of sp³-hybridized carbons (Fsp3) is 0.889. The maximum absolute atomic E-state index is 11.8. The number of carbonyl (C=O) groups is 1. The second-order valence-electron chi connectivity index (χ2n) is 4.78. The number of amides is 1. The van der Waals surface area contributed by atoms with Gasteiger partial charge >= 0.3 is 0 Å². The minimum atomic E-state index is -3.41. The molecule has 0 bridgehead atoms. The number of nitrogens with two attached hydrogens (primary N) is 1. The number of hydrogen-bond acceptors (Lipinski definition) is 4. The molecule has 0 aromatic heterocycles. The van der Waals surface area contributed by atoms with Gasteiger partial charge in [0.2, 0.25) is 15.9 Å². The average Bonchev–Trinajstić information content (AvgIpc) is 2.14. The van der Waals surface area contributed by atoms with E-state index in [1.807, 2.05) is 0 Å². The second-order valence-corrected chi connectivity index (χ2v) is 6.68. The summed E-state index contributed by atoms with van der Waals surface area (Å²) in [6.45, 7) is 5.29. The topological polar surface area (TPSA) is 80.5 Å². The lowest BCUT2D eigenvalue weighted by molar-refractivity contribution is -0.132. The molecule has 5 nitrogen and oxygen atoms in total. The van der Waals surface area contributed by atoms with Crippen LogP contribution in [0, 0.1) is 5.41 Å². The highest BCUT2D eigenvalue weighted by Crippen LogP contribution is 2.31. The summed E-state index contributed by atoms with van der Waals surface area (Å²) in [7, 11) is -3.41. The second kappa shape index (κ2) is 3.75. The van der Waals surface area contributed by atoms with Gasteiger partial charge in [0, 0.05) is 12.6 Å². The Kier molecular flexibility index (Phi) is 3.11. The van der Waals surface area contributed by atoms with Gasteiger partial charge < -0.3 is 5.73 Å². The Morgan fingerprint density at radius 1 is 1.53 bits per heavy atom. The maximum Gasteiger partial charge on any atom is 0.242 e. The van der Waals surface area contributed by atoms with Gasteiger partial charge in [-0.2, -0.15) is 0 Å². The third kappa shape index (κ3) is 2.49. The van der Waals surface area contributed by atoms with E-state index < -0.39 is 15.4 Å². The van der Waals surface area contributed by atoms with Crippen molar-refractivity contribution in [2.75, 3.05) is 12.3 Å². The van der Waals surface area contributed by atoms with E-state index in [0.717, 1.165) is 4.31 Å². The summed E-state index contributed by atoms with van der Waals surface area (Å²) in [6, 6.07) is -0.100. The van der Waals surface area contributed by atoms with E-state index in [2.05, 4.69) is 0 Å². The molecule has 15 heavy (non-hydrogen) atoms. The van der Waals surface area contributed by atoms with Gasteiger partial charge in [-0.1, -0.05) is 0 Å². The first-order valence-corrected chi connectivity index (χ1v) is 6.58. The number of hydrogen-bond donors (Lipinski definition) is 1. The Hall–Kier alpha value is -0.620. The van der Waals surface area contributed by atoms with Crippen LogP contribution in [0.4, 0.5) is 0 Å². The minimum Gasteiger partial charge on any atom is -0.328 e. The molecule has 1 saturated heterocycles. The van der Waals surface area contributed by atoms with Gasteiger partial charge in [0.15, 0.2) is 0 Å². The van der Waals surface area contributed by atoms with E-state index in [0.29, 0.717) is 6.42 Å². The van der Waals surface area contributed by atoms with Crippen LogP contribution in [0.5, 0.6) is 0 Å². The fourth-order valence-electron chi connectivity index (χ4n) is 1.62. The summed E-state index contributed by atoms with van der Waals surface area (Å²) in [5, 5.41) is 0. The third-order valence-electron chi connectivity index (χ3n) is 2.47. The van der Waals surface area contributed by atoms with Crippen molar-refractivity contribution in [1.82, 2.24) is 4.31 Å². The predicted octanol–water partition coefficient (Wildman–Crippen LogP) is -0.0781. The molecule has 0 aromatic carbocycles. The lowest BCUT2D eigenvalue weighted by atomic mass is 9.95. The molecule has 2 N–H and O–H groups in total. The van der Waals surface area contributed by atoms with Gasteiger partial charge in [-0.15, -0.1) is 0 Å². The molecule has 1 aliphatic heterocycles. The van der Waals surface area contributed by atoms with Crippen LogP contribution in [-0.2, 0) is 14.8 Å². The Morgan fingerprint density at radius 2 is 2.07 bits per heavy atom. The highest BCUT2D eigenvalue weighted by molar-refractivity contribution is 7.90. The first-order chi connectivity index (χ1) is 6.67. The number of carbonyl (C=O) groups excluding carboxylic acids is 1. The van der Waals surface area contributed by atoms with Gasteiger partial charge in [0.1, 0.15) is 0 Å². The summed E-state index contributed by atoms with van der Waals surface area (Å²) >= 11 is 0. The third-order valence-corrected chi connectivity index (χ3v) is 4.58. The molecule has 0 radical (unpaired) electrons. The van der Waals surface area contributed by atoms with Crippen LogP contribution in [0.25, 0.3) is 0 Å². The molecule has 6 heteroatoms. The number of rotatable bonds is 3. The zero-order chi connectivity index (χ0) is 11.9. The van der Waals surface area contributed by atoms with Crippen LogP contribution < -0.4 is 5.73 Å². The molecule has 1 unspecified atom stereocenters. The highest BCUT2D eigenvalue weighted by Gasteiger charge is 2.48. The van der Waals surface area contributed by atoms with E-state index in [-0.39, 0.29) is 24.2 Å². The van der Waals surface area contributed by atoms with Crippen LogP contribution in [0.3, 0.4) is 0 Å². The molecule has 1 aliphatic rings. The summed E-state index contributed by atoms with van der Waals surface area (Å²) in [4.78, 5) is 11.8. The Morgan fingerprint density at radius 3 is 2.40 bits per heavy atom. The molecule has 1 amide bonds. The zero-order valence-corrected chi connectivity index (χ0v) is 10.2. The van der Waals surface area contributed by atoms with Gasteiger partial charge in [-0.05, 0) is 27.2 Å². The fourth-order valence-corrected chi connectivity index (χ4v) is 3.70. The quantitative estimate of drug-likeness (QED) is 0.740. The number of nitrogens with zero attached hydrogens (tertiary/aromatic N) is 1. The minimum absolute atomic E-state index is 0.0994. The monoisotopic (exact) mass is 234 g/mol. The van der Waals surface area contributed by atoms with Crippen molar-refractivity contribution >= 4 is 15.9 Å². The Bertz CT molecular complexity index is 360. The van der Waals surface area contributed by atoms with E-state index in [1.54, 1.807) is 20.8 Å². The molecule has 0 spiro atoms. The van der Waals surface area contributed by atoms with Crippen molar-refractivity contribution in [2.45, 2.75) is 33.2 Å². The largest absolute Gasteiger partial charge is 0.328 e. The molecular formula is C9H18N2O3S. The summed E-state index contributed by atoms with van der Waals surface area (Å²) in [5.74, 6) is -0.416. The standard InChI is InChI=1S/C9H18N2O3S/c1-7(10)4-5-11-8(12)9(2,3)6-15(11,13)14/h7H,4-6,10H2,1-3H3. The van der Waals surface area contributed by atoms with Crippen LogP contribution in [0.15, 0.2) is 0 Å². The molecular weight excluding hydrogens is 216 g/mol. The number of sulfonamides is 1. The maximum atomic E-state index is 11.8. The molecule has 1 rings (SSSR count). The van der Waals surface area contributed by atoms with E-state index in [1.165, 1.54) is 0 Å². The van der Waals surface area contributed by atoms with E-state index in [9.17, 15) is 13.2 Å². The smallest absolute Gasteiger partial charge is 0.242 e. The lowest BCUT2D eigenvalue weighted by Crippen LogP contribution is -2.36. The van der Waals surface area contributed by atoms with Crippen molar-refractivity contribution in [1.29, 1.82) is 0 Å². The van der Waals surface area contributed by atoms with Crippen LogP contribution in [0.2, 0.25) is 0 Å². The molecule has 0 aliphatic carbocycles. The molecule has 1 fully saturated rings. The van der Waals surface area contributed by atoms with Gasteiger partial charge in [-0.3, -0.25) is 4.79 Å². The van der Waals surface area contributed by atoms with Crippen molar-refractivity contribution in [3.8, 4) is 0 Å². The SMILES string of the molecule is CC(N)CCN1C(=O)C(C)(C)CS1(=O)=O. The van der Waals surface area contributed by atoms with Crippen molar-refractivity contribution in [3.05, 3.63) is 0 Å². The van der Waals surface area contributed by atoms with Crippen molar-refractivity contribution in [3.63, 3.8) is 0 Å². The molecule has 1 heterocycles.